The summed E-state index contributed by atoms with van der Waals surface area (Å²) in [6.45, 7) is 4.57. The highest BCUT2D eigenvalue weighted by molar-refractivity contribution is 7.21. The normalized spacial score (nSPS) is 11.0. The molecule has 34 heavy (non-hydrogen) atoms. The fourth-order valence-corrected chi connectivity index (χ4v) is 5.09. The van der Waals surface area contributed by atoms with E-state index in [0.717, 1.165) is 38.4 Å². The fraction of sp³-hybridized carbons (Fsp3) is 0.103. The van der Waals surface area contributed by atoms with Crippen molar-refractivity contribution in [2.24, 2.45) is 0 Å². The minimum Gasteiger partial charge on any atom is -0.494 e. The molecule has 0 spiro atoms. The van der Waals surface area contributed by atoms with Crippen molar-refractivity contribution < 1.29 is 9.53 Å². The Morgan fingerprint density at radius 1 is 0.941 bits per heavy atom. The quantitative estimate of drug-likeness (QED) is 0.271. The summed E-state index contributed by atoms with van der Waals surface area (Å²) in [5, 5.41) is 0.822. The molecule has 0 aliphatic carbocycles. The predicted octanol–water partition coefficient (Wildman–Crippen LogP) is 7.15. The topological polar surface area (TPSA) is 65.2 Å². The van der Waals surface area contributed by atoms with Crippen molar-refractivity contribution >= 4 is 33.0 Å². The Morgan fingerprint density at radius 2 is 1.65 bits per heavy atom. The van der Waals surface area contributed by atoms with Gasteiger partial charge in [0.2, 0.25) is 5.78 Å². The minimum atomic E-state index is -0.111. The summed E-state index contributed by atoms with van der Waals surface area (Å²) in [4.78, 5) is 19.6. The van der Waals surface area contributed by atoms with Crippen LogP contribution in [0.3, 0.4) is 0 Å². The van der Waals surface area contributed by atoms with Crippen molar-refractivity contribution in [3.63, 3.8) is 0 Å². The second-order valence-electron chi connectivity index (χ2n) is 8.10. The zero-order valence-electron chi connectivity index (χ0n) is 19.0. The molecule has 5 aromatic rings. The highest BCUT2D eigenvalue weighted by atomic mass is 32.1. The molecule has 168 valence electrons. The van der Waals surface area contributed by atoms with E-state index in [1.54, 1.807) is 12.1 Å². The first-order chi connectivity index (χ1) is 16.5. The molecule has 4 nitrogen and oxygen atoms in total. The van der Waals surface area contributed by atoms with Crippen molar-refractivity contribution in [3.05, 3.63) is 101 Å². The second-order valence-corrected chi connectivity index (χ2v) is 9.10. The largest absolute Gasteiger partial charge is 0.494 e. The van der Waals surface area contributed by atoms with Crippen LogP contribution in [0, 0.1) is 6.92 Å². The smallest absolute Gasteiger partial charge is 0.205 e. The summed E-state index contributed by atoms with van der Waals surface area (Å²) < 4.78 is 5.50. The number of ether oxygens (including phenoxy) is 1. The Balaban J connectivity index is 1.68. The molecule has 0 saturated carbocycles. The second kappa shape index (κ2) is 9.12. The molecule has 5 rings (SSSR count). The summed E-state index contributed by atoms with van der Waals surface area (Å²) in [5.74, 6) is 0.624. The van der Waals surface area contributed by atoms with Gasteiger partial charge in [-0.1, -0.05) is 60.2 Å². The average molecular weight is 465 g/mol. The molecule has 5 heteroatoms. The maximum Gasteiger partial charge on any atom is 0.205 e. The van der Waals surface area contributed by atoms with Gasteiger partial charge in [0, 0.05) is 16.5 Å². The van der Waals surface area contributed by atoms with Crippen LogP contribution in [0.2, 0.25) is 0 Å². The van der Waals surface area contributed by atoms with Crippen LogP contribution < -0.4 is 10.5 Å². The van der Waals surface area contributed by atoms with Crippen molar-refractivity contribution in [1.82, 2.24) is 4.98 Å². The number of aryl methyl sites for hydroxylation is 1. The van der Waals surface area contributed by atoms with Crippen molar-refractivity contribution in [2.45, 2.75) is 13.8 Å². The Morgan fingerprint density at radius 3 is 2.32 bits per heavy atom. The fourth-order valence-electron chi connectivity index (χ4n) is 4.01. The number of fused-ring (bicyclic) bond motifs is 1. The highest BCUT2D eigenvalue weighted by Gasteiger charge is 2.22. The maximum absolute atomic E-state index is 13.4. The van der Waals surface area contributed by atoms with Gasteiger partial charge in [-0.15, -0.1) is 11.3 Å². The minimum absolute atomic E-state index is 0.111. The van der Waals surface area contributed by atoms with Crippen molar-refractivity contribution in [1.29, 1.82) is 0 Å². The third kappa shape index (κ3) is 4.06. The number of nitrogens with zero attached hydrogens (tertiary/aromatic N) is 1. The molecular weight excluding hydrogens is 440 g/mol. The lowest BCUT2D eigenvalue weighted by Crippen LogP contribution is -2.02. The Bertz CT molecular complexity index is 1470. The number of nitrogens with two attached hydrogens (primary N) is 1. The average Bonchev–Trinajstić information content (AvgIpc) is 3.21. The summed E-state index contributed by atoms with van der Waals surface area (Å²) in [7, 11) is 0. The van der Waals surface area contributed by atoms with Gasteiger partial charge in [-0.05, 0) is 55.3 Å². The number of carbonyl (C=O) groups is 1. The van der Waals surface area contributed by atoms with Gasteiger partial charge >= 0.3 is 0 Å². The van der Waals surface area contributed by atoms with Crippen LogP contribution in [0.25, 0.3) is 32.6 Å². The standard InChI is InChI=1S/C29H24N2O2S/c1-3-33-22-15-13-21(14-16-22)27(32)28-26(30)25-23(19-11-9-18(2)10-12-19)17-24(31-29(25)34-28)20-7-5-4-6-8-20/h4-17H,3,30H2,1-2H3. The van der Waals surface area contributed by atoms with Gasteiger partial charge in [-0.2, -0.15) is 0 Å². The molecule has 0 fully saturated rings. The molecule has 0 unspecified atom stereocenters. The SMILES string of the molecule is CCOc1ccc(C(=O)c2sc3nc(-c4ccccc4)cc(-c4ccc(C)cc4)c3c2N)cc1. The molecule has 2 N–H and O–H groups in total. The van der Waals surface area contributed by atoms with Gasteiger partial charge < -0.3 is 10.5 Å². The molecule has 3 aromatic carbocycles. The molecular formula is C29H24N2O2S. The molecule has 2 heterocycles. The molecule has 0 bridgehead atoms. The Labute approximate surface area is 202 Å². The number of rotatable bonds is 6. The summed E-state index contributed by atoms with van der Waals surface area (Å²) in [6, 6.07) is 27.6. The van der Waals surface area contributed by atoms with E-state index < -0.39 is 0 Å². The zero-order valence-corrected chi connectivity index (χ0v) is 19.9. The Hall–Kier alpha value is -3.96. The van der Waals surface area contributed by atoms with E-state index in [9.17, 15) is 4.79 Å². The van der Waals surface area contributed by atoms with E-state index in [0.29, 0.717) is 22.7 Å². The molecule has 0 aliphatic heterocycles. The van der Waals surface area contributed by atoms with Crippen LogP contribution in [0.4, 0.5) is 5.69 Å². The van der Waals surface area contributed by atoms with E-state index in [1.165, 1.54) is 16.9 Å². The molecule has 0 radical (unpaired) electrons. The van der Waals surface area contributed by atoms with E-state index in [1.807, 2.05) is 49.4 Å². The third-order valence-corrected chi connectivity index (χ3v) is 6.86. The van der Waals surface area contributed by atoms with E-state index in [2.05, 4.69) is 37.3 Å². The van der Waals surface area contributed by atoms with Crippen LogP contribution in [-0.4, -0.2) is 17.4 Å². The lowest BCUT2D eigenvalue weighted by atomic mass is 9.98. The van der Waals surface area contributed by atoms with Crippen LogP contribution in [0.1, 0.15) is 27.7 Å². The van der Waals surface area contributed by atoms with E-state index in [-0.39, 0.29) is 5.78 Å². The summed E-state index contributed by atoms with van der Waals surface area (Å²) >= 11 is 1.35. The van der Waals surface area contributed by atoms with Gasteiger partial charge in [0.05, 0.1) is 18.0 Å². The Kier molecular flexibility index (Phi) is 5.86. The van der Waals surface area contributed by atoms with E-state index >= 15 is 0 Å². The van der Waals surface area contributed by atoms with Crippen molar-refractivity contribution in [2.75, 3.05) is 12.3 Å². The van der Waals surface area contributed by atoms with Gasteiger partial charge in [0.25, 0.3) is 0 Å². The number of nitrogen functional groups attached to an aromatic ring is 1. The van der Waals surface area contributed by atoms with Crippen LogP contribution in [0.5, 0.6) is 5.75 Å². The monoisotopic (exact) mass is 464 g/mol. The molecule has 0 atom stereocenters. The highest BCUT2D eigenvalue weighted by Crippen LogP contribution is 2.42. The summed E-state index contributed by atoms with van der Waals surface area (Å²) in [5.41, 5.74) is 12.8. The summed E-state index contributed by atoms with van der Waals surface area (Å²) in [6.07, 6.45) is 0. The predicted molar refractivity (Wildman–Crippen MR) is 141 cm³/mol. The van der Waals surface area contributed by atoms with Gasteiger partial charge in [-0.25, -0.2) is 4.98 Å². The van der Waals surface area contributed by atoms with Crippen LogP contribution in [-0.2, 0) is 0 Å². The zero-order chi connectivity index (χ0) is 23.7. The lowest BCUT2D eigenvalue weighted by Gasteiger charge is -2.09. The maximum atomic E-state index is 13.4. The van der Waals surface area contributed by atoms with Crippen LogP contribution in [0.15, 0.2) is 84.9 Å². The molecule has 0 amide bonds. The number of thiophene rings is 1. The van der Waals surface area contributed by atoms with E-state index in [4.69, 9.17) is 15.5 Å². The first kappa shape index (κ1) is 21.9. The van der Waals surface area contributed by atoms with Crippen molar-refractivity contribution in [3.8, 4) is 28.1 Å². The molecule has 0 aliphatic rings. The number of benzene rings is 3. The first-order valence-electron chi connectivity index (χ1n) is 11.2. The number of hydrogen-bond acceptors (Lipinski definition) is 5. The lowest BCUT2D eigenvalue weighted by molar-refractivity contribution is 0.104. The third-order valence-electron chi connectivity index (χ3n) is 5.76. The molecule has 2 aromatic heterocycles. The number of pyridine rings is 1. The number of carbonyl (C=O) groups excluding carboxylic acids is 1. The number of aromatic nitrogens is 1. The van der Waals surface area contributed by atoms with Gasteiger partial charge in [-0.3, -0.25) is 4.79 Å². The number of hydrogen-bond donors (Lipinski definition) is 1. The van der Waals surface area contributed by atoms with Crippen LogP contribution >= 0.6 is 11.3 Å². The first-order valence-corrected chi connectivity index (χ1v) is 12.0. The molecule has 0 saturated heterocycles. The van der Waals surface area contributed by atoms with Gasteiger partial charge in [0.1, 0.15) is 15.5 Å². The number of anilines is 1. The van der Waals surface area contributed by atoms with Gasteiger partial charge in [0.15, 0.2) is 0 Å². The number of ketones is 1.